The summed E-state index contributed by atoms with van der Waals surface area (Å²) in [5.74, 6) is 0.526. The lowest BCUT2D eigenvalue weighted by molar-refractivity contribution is -0.118. The van der Waals surface area contributed by atoms with Crippen LogP contribution in [0.3, 0.4) is 0 Å². The molecule has 37 heavy (non-hydrogen) atoms. The van der Waals surface area contributed by atoms with Crippen LogP contribution in [0.5, 0.6) is 11.5 Å². The number of anilines is 3. The first kappa shape index (κ1) is 24.2. The maximum absolute atomic E-state index is 12.9. The van der Waals surface area contributed by atoms with Crippen LogP contribution in [0.25, 0.3) is 6.08 Å². The Balaban J connectivity index is 1.22. The third kappa shape index (κ3) is 5.85. The molecule has 4 aromatic carbocycles. The number of ether oxygens (including phenoxy) is 2. The predicted octanol–water partition coefficient (Wildman–Crippen LogP) is 6.82. The van der Waals surface area contributed by atoms with E-state index in [9.17, 15) is 9.59 Å². The number of methoxy groups -OCH3 is 1. The second-order valence-electron chi connectivity index (χ2n) is 8.24. The molecule has 0 radical (unpaired) electrons. The zero-order chi connectivity index (χ0) is 25.6. The number of rotatable bonds is 8. The largest absolute Gasteiger partial charge is 0.493 e. The van der Waals surface area contributed by atoms with Gasteiger partial charge < -0.3 is 20.1 Å². The van der Waals surface area contributed by atoms with Crippen LogP contribution < -0.4 is 20.1 Å². The molecular weight excluding hydrogens is 484 g/mol. The molecule has 4 aromatic rings. The zero-order valence-corrected chi connectivity index (χ0v) is 20.9. The molecule has 0 saturated carbocycles. The fourth-order valence-electron chi connectivity index (χ4n) is 3.83. The highest BCUT2D eigenvalue weighted by atomic mass is 32.2. The van der Waals surface area contributed by atoms with Crippen LogP contribution in [0, 0.1) is 0 Å². The van der Waals surface area contributed by atoms with Crippen LogP contribution in [-0.4, -0.2) is 25.4 Å². The van der Waals surface area contributed by atoms with Gasteiger partial charge in [0.15, 0.2) is 23.9 Å². The first-order chi connectivity index (χ1) is 18.1. The lowest BCUT2D eigenvalue weighted by atomic mass is 10.1. The summed E-state index contributed by atoms with van der Waals surface area (Å²) in [6, 6.07) is 28.2. The average molecular weight is 509 g/mol. The van der Waals surface area contributed by atoms with Gasteiger partial charge >= 0.3 is 0 Å². The number of para-hydroxylation sites is 2. The highest BCUT2D eigenvalue weighted by Gasteiger charge is 2.16. The molecule has 1 amide bonds. The summed E-state index contributed by atoms with van der Waals surface area (Å²) in [5.41, 5.74) is 4.02. The van der Waals surface area contributed by atoms with E-state index in [1.165, 1.54) is 13.2 Å². The topological polar surface area (TPSA) is 76.7 Å². The summed E-state index contributed by atoms with van der Waals surface area (Å²) in [6.07, 6.45) is 3.27. The van der Waals surface area contributed by atoms with Gasteiger partial charge in [0.2, 0.25) is 0 Å². The van der Waals surface area contributed by atoms with E-state index >= 15 is 0 Å². The van der Waals surface area contributed by atoms with Gasteiger partial charge in [-0.15, -0.1) is 0 Å². The molecule has 1 heterocycles. The number of benzene rings is 4. The molecule has 1 aliphatic heterocycles. The van der Waals surface area contributed by atoms with Crippen molar-refractivity contribution in [3.63, 3.8) is 0 Å². The number of amides is 1. The van der Waals surface area contributed by atoms with Crippen LogP contribution in [0.2, 0.25) is 0 Å². The summed E-state index contributed by atoms with van der Waals surface area (Å²) >= 11 is 1.68. The van der Waals surface area contributed by atoms with Gasteiger partial charge in [0.1, 0.15) is 0 Å². The van der Waals surface area contributed by atoms with Crippen molar-refractivity contribution in [2.24, 2.45) is 0 Å². The van der Waals surface area contributed by atoms with Crippen LogP contribution in [0.4, 0.5) is 17.1 Å². The first-order valence-electron chi connectivity index (χ1n) is 11.7. The van der Waals surface area contributed by atoms with Gasteiger partial charge in [-0.2, -0.15) is 0 Å². The van der Waals surface area contributed by atoms with E-state index in [2.05, 4.69) is 16.7 Å². The Morgan fingerprint density at radius 3 is 2.49 bits per heavy atom. The van der Waals surface area contributed by atoms with Gasteiger partial charge in [0.05, 0.1) is 18.5 Å². The number of allylic oxidation sites excluding steroid dienone is 1. The molecule has 0 fully saturated rings. The standard InChI is InChI=1S/C30H24N2O4S/c1-35-27-17-20(12-15-26(27)36-19-30(34)31-22-7-3-2-4-8-22)11-14-25(33)21-13-16-29-24(18-21)32-23-9-5-6-10-28(23)37-29/h2-18,32H,19H2,1H3,(H,31,34)/b14-11+. The summed E-state index contributed by atoms with van der Waals surface area (Å²) in [4.78, 5) is 27.3. The minimum atomic E-state index is -0.274. The van der Waals surface area contributed by atoms with Gasteiger partial charge in [0.25, 0.3) is 5.91 Å². The Bertz CT molecular complexity index is 1480. The number of fused-ring (bicyclic) bond motifs is 2. The van der Waals surface area contributed by atoms with Crippen LogP contribution >= 0.6 is 11.8 Å². The molecule has 0 spiro atoms. The summed E-state index contributed by atoms with van der Waals surface area (Å²) in [5, 5.41) is 6.18. The van der Waals surface area contributed by atoms with Crippen molar-refractivity contribution >= 4 is 46.6 Å². The van der Waals surface area contributed by atoms with Crippen molar-refractivity contribution in [2.45, 2.75) is 9.79 Å². The number of carbonyl (C=O) groups is 2. The zero-order valence-electron chi connectivity index (χ0n) is 20.1. The molecule has 0 unspecified atom stereocenters. The van der Waals surface area contributed by atoms with E-state index in [0.717, 1.165) is 26.7 Å². The van der Waals surface area contributed by atoms with Crippen molar-refractivity contribution in [3.05, 3.63) is 108 Å². The van der Waals surface area contributed by atoms with Crippen LogP contribution in [0.15, 0.2) is 107 Å². The van der Waals surface area contributed by atoms with E-state index in [-0.39, 0.29) is 18.3 Å². The van der Waals surface area contributed by atoms with Gasteiger partial charge in [-0.05, 0) is 66.2 Å². The number of hydrogen-bond donors (Lipinski definition) is 2. The van der Waals surface area contributed by atoms with Crippen molar-refractivity contribution in [3.8, 4) is 11.5 Å². The summed E-state index contributed by atoms with van der Waals surface area (Å²) < 4.78 is 11.1. The van der Waals surface area contributed by atoms with Gasteiger partial charge in [0, 0.05) is 21.0 Å². The van der Waals surface area contributed by atoms with E-state index in [4.69, 9.17) is 9.47 Å². The molecule has 0 saturated heterocycles. The summed E-state index contributed by atoms with van der Waals surface area (Å²) in [7, 11) is 1.53. The number of hydrogen-bond acceptors (Lipinski definition) is 6. The van der Waals surface area contributed by atoms with E-state index < -0.39 is 0 Å². The fraction of sp³-hybridized carbons (Fsp3) is 0.0667. The minimum absolute atomic E-state index is 0.106. The van der Waals surface area contributed by atoms with Gasteiger partial charge in [-0.25, -0.2) is 0 Å². The van der Waals surface area contributed by atoms with Gasteiger partial charge in [-0.3, -0.25) is 9.59 Å². The number of carbonyl (C=O) groups excluding carboxylic acids is 2. The lowest BCUT2D eigenvalue weighted by Gasteiger charge is -2.20. The van der Waals surface area contributed by atoms with Crippen molar-refractivity contribution < 1.29 is 19.1 Å². The quantitative estimate of drug-likeness (QED) is 0.177. The molecule has 6 nitrogen and oxygen atoms in total. The van der Waals surface area contributed by atoms with E-state index in [0.29, 0.717) is 22.7 Å². The number of ketones is 1. The minimum Gasteiger partial charge on any atom is -0.493 e. The van der Waals surface area contributed by atoms with Crippen molar-refractivity contribution in [1.29, 1.82) is 0 Å². The predicted molar refractivity (Wildman–Crippen MR) is 147 cm³/mol. The molecule has 5 rings (SSSR count). The SMILES string of the molecule is COc1cc(/C=C/C(=O)c2ccc3c(c2)Nc2ccccc2S3)ccc1OCC(=O)Nc1ccccc1. The van der Waals surface area contributed by atoms with E-state index in [1.54, 1.807) is 48.2 Å². The Morgan fingerprint density at radius 2 is 1.65 bits per heavy atom. The fourth-order valence-corrected chi connectivity index (χ4v) is 4.80. The highest BCUT2D eigenvalue weighted by Crippen LogP contribution is 2.44. The third-order valence-electron chi connectivity index (χ3n) is 5.67. The highest BCUT2D eigenvalue weighted by molar-refractivity contribution is 7.99. The Hall–Kier alpha value is -4.49. The molecule has 0 aromatic heterocycles. The Labute approximate surface area is 219 Å². The second-order valence-corrected chi connectivity index (χ2v) is 9.33. The lowest BCUT2D eigenvalue weighted by Crippen LogP contribution is -2.20. The Morgan fingerprint density at radius 1 is 0.865 bits per heavy atom. The van der Waals surface area contributed by atoms with Crippen LogP contribution in [0.1, 0.15) is 15.9 Å². The molecular formula is C30H24N2O4S. The smallest absolute Gasteiger partial charge is 0.262 e. The van der Waals surface area contributed by atoms with E-state index in [1.807, 2.05) is 54.6 Å². The molecule has 184 valence electrons. The second kappa shape index (κ2) is 11.1. The Kier molecular flexibility index (Phi) is 7.23. The molecule has 7 heteroatoms. The maximum atomic E-state index is 12.9. The van der Waals surface area contributed by atoms with Crippen molar-refractivity contribution in [2.75, 3.05) is 24.4 Å². The maximum Gasteiger partial charge on any atom is 0.262 e. The molecule has 1 aliphatic rings. The first-order valence-corrected chi connectivity index (χ1v) is 12.5. The molecule has 2 N–H and O–H groups in total. The number of nitrogens with one attached hydrogen (secondary N) is 2. The van der Waals surface area contributed by atoms with Crippen LogP contribution in [-0.2, 0) is 4.79 Å². The summed E-state index contributed by atoms with van der Waals surface area (Å²) in [6.45, 7) is -0.159. The third-order valence-corrected chi connectivity index (χ3v) is 6.82. The normalized spacial score (nSPS) is 11.7. The van der Waals surface area contributed by atoms with Crippen molar-refractivity contribution in [1.82, 2.24) is 0 Å². The molecule has 0 aliphatic carbocycles. The molecule has 0 atom stereocenters. The molecule has 0 bridgehead atoms. The monoisotopic (exact) mass is 508 g/mol. The van der Waals surface area contributed by atoms with Gasteiger partial charge in [-0.1, -0.05) is 54.2 Å². The average Bonchev–Trinajstić information content (AvgIpc) is 2.94.